The summed E-state index contributed by atoms with van der Waals surface area (Å²) in [6.45, 7) is 3.36. The highest BCUT2D eigenvalue weighted by Crippen LogP contribution is 2.24. The van der Waals surface area contributed by atoms with Gasteiger partial charge in [0.25, 0.3) is 5.91 Å². The second kappa shape index (κ2) is 5.14. The van der Waals surface area contributed by atoms with E-state index >= 15 is 0 Å². The molecule has 2 heterocycles. The van der Waals surface area contributed by atoms with Crippen LogP contribution in [-0.2, 0) is 9.59 Å². The van der Waals surface area contributed by atoms with Crippen molar-refractivity contribution in [1.82, 2.24) is 15.3 Å². The third-order valence-corrected chi connectivity index (χ3v) is 3.74. The molecule has 1 N–H and O–H groups in total. The lowest BCUT2D eigenvalue weighted by Crippen LogP contribution is -2.60. The zero-order valence-corrected chi connectivity index (χ0v) is 10.6. The SMILES string of the molecule is CNC1CCCN2CCCC(C(C)=O)N2C1=O. The quantitative estimate of drug-likeness (QED) is 0.746. The lowest BCUT2D eigenvalue weighted by Gasteiger charge is -2.42. The number of nitrogens with one attached hydrogen (secondary N) is 1. The van der Waals surface area contributed by atoms with Gasteiger partial charge in [0, 0.05) is 13.1 Å². The molecule has 0 spiro atoms. The Labute approximate surface area is 102 Å². The predicted octanol–water partition coefficient (Wildman–Crippen LogP) is 0.165. The molecule has 0 aromatic carbocycles. The van der Waals surface area contributed by atoms with Crippen molar-refractivity contribution in [3.05, 3.63) is 0 Å². The van der Waals surface area contributed by atoms with Gasteiger partial charge in [0.15, 0.2) is 5.78 Å². The summed E-state index contributed by atoms with van der Waals surface area (Å²) < 4.78 is 0. The number of amides is 1. The number of hydrogen-bond donors (Lipinski definition) is 1. The van der Waals surface area contributed by atoms with Gasteiger partial charge in [-0.05, 0) is 39.7 Å². The number of Topliss-reactive ketones (excluding diaryl/α,β-unsaturated/α-hetero) is 1. The van der Waals surface area contributed by atoms with Crippen molar-refractivity contribution in [2.75, 3.05) is 20.1 Å². The van der Waals surface area contributed by atoms with Crippen molar-refractivity contribution in [1.29, 1.82) is 0 Å². The van der Waals surface area contributed by atoms with Gasteiger partial charge in [0.2, 0.25) is 0 Å². The third-order valence-electron chi connectivity index (χ3n) is 3.74. The fraction of sp³-hybridized carbons (Fsp3) is 0.833. The summed E-state index contributed by atoms with van der Waals surface area (Å²) in [5.74, 6) is 0.157. The Bertz CT molecular complexity index is 319. The summed E-state index contributed by atoms with van der Waals surface area (Å²) in [6, 6.07) is -0.384. The van der Waals surface area contributed by atoms with Gasteiger partial charge in [-0.3, -0.25) is 14.6 Å². The zero-order valence-electron chi connectivity index (χ0n) is 10.6. The van der Waals surface area contributed by atoms with Crippen LogP contribution < -0.4 is 5.32 Å². The van der Waals surface area contributed by atoms with Crippen LogP contribution >= 0.6 is 0 Å². The van der Waals surface area contributed by atoms with Crippen molar-refractivity contribution >= 4 is 11.7 Å². The van der Waals surface area contributed by atoms with Crippen molar-refractivity contribution < 1.29 is 9.59 Å². The average Bonchev–Trinajstić information content (AvgIpc) is 2.48. The Morgan fingerprint density at radius 3 is 2.53 bits per heavy atom. The van der Waals surface area contributed by atoms with Crippen molar-refractivity contribution in [3.8, 4) is 0 Å². The molecule has 1 amide bonds. The van der Waals surface area contributed by atoms with E-state index in [2.05, 4.69) is 10.3 Å². The molecular weight excluding hydrogens is 218 g/mol. The van der Waals surface area contributed by atoms with E-state index in [0.717, 1.165) is 38.8 Å². The summed E-state index contributed by atoms with van der Waals surface area (Å²) in [7, 11) is 1.81. The Morgan fingerprint density at radius 2 is 1.94 bits per heavy atom. The van der Waals surface area contributed by atoms with Crippen LogP contribution in [0.15, 0.2) is 0 Å². The van der Waals surface area contributed by atoms with Gasteiger partial charge in [-0.2, -0.15) is 0 Å². The molecule has 2 atom stereocenters. The minimum atomic E-state index is -0.245. The van der Waals surface area contributed by atoms with E-state index < -0.39 is 0 Å². The molecular formula is C12H21N3O2. The lowest BCUT2D eigenvalue weighted by atomic mass is 10.0. The standard InChI is InChI=1S/C12H21N3O2/c1-9(16)11-6-4-8-14-7-3-5-10(13-2)12(17)15(11)14/h10-11,13H,3-8H2,1-2H3. The first-order valence-electron chi connectivity index (χ1n) is 6.41. The first-order valence-corrected chi connectivity index (χ1v) is 6.41. The largest absolute Gasteiger partial charge is 0.309 e. The van der Waals surface area contributed by atoms with Crippen LogP contribution in [-0.4, -0.2) is 53.9 Å². The molecule has 5 nitrogen and oxygen atoms in total. The molecule has 96 valence electrons. The van der Waals surface area contributed by atoms with Gasteiger partial charge in [-0.15, -0.1) is 0 Å². The summed E-state index contributed by atoms with van der Waals surface area (Å²) in [4.78, 5) is 24.1. The van der Waals surface area contributed by atoms with E-state index in [-0.39, 0.29) is 23.8 Å². The Balaban J connectivity index is 2.24. The first-order chi connectivity index (χ1) is 8.15. The number of fused-ring (bicyclic) bond motifs is 1. The van der Waals surface area contributed by atoms with E-state index in [1.807, 2.05) is 7.05 Å². The fourth-order valence-electron chi connectivity index (χ4n) is 2.81. The lowest BCUT2D eigenvalue weighted by molar-refractivity contribution is -0.165. The topological polar surface area (TPSA) is 52.7 Å². The first kappa shape index (κ1) is 12.5. The van der Waals surface area contributed by atoms with Crippen molar-refractivity contribution in [3.63, 3.8) is 0 Å². The van der Waals surface area contributed by atoms with Crippen LogP contribution in [0.3, 0.4) is 0 Å². The van der Waals surface area contributed by atoms with Gasteiger partial charge in [-0.25, -0.2) is 5.01 Å². The van der Waals surface area contributed by atoms with Gasteiger partial charge >= 0.3 is 0 Å². The van der Waals surface area contributed by atoms with Crippen LogP contribution in [0.4, 0.5) is 0 Å². The minimum absolute atomic E-state index is 0.0601. The fourth-order valence-corrected chi connectivity index (χ4v) is 2.81. The van der Waals surface area contributed by atoms with Gasteiger partial charge < -0.3 is 5.32 Å². The Kier molecular flexibility index (Phi) is 3.79. The van der Waals surface area contributed by atoms with Crippen LogP contribution in [0.25, 0.3) is 0 Å². The highest BCUT2D eigenvalue weighted by Gasteiger charge is 2.39. The van der Waals surface area contributed by atoms with Crippen LogP contribution in [0, 0.1) is 0 Å². The van der Waals surface area contributed by atoms with Crippen LogP contribution in [0.2, 0.25) is 0 Å². The molecule has 0 aromatic heterocycles. The molecule has 2 unspecified atom stereocenters. The normalized spacial score (nSPS) is 30.9. The summed E-state index contributed by atoms with van der Waals surface area (Å²) in [6.07, 6.45) is 3.65. The number of rotatable bonds is 2. The molecule has 2 aliphatic rings. The molecule has 0 bridgehead atoms. The number of likely N-dealkylation sites (N-methyl/N-ethyl adjacent to an activating group) is 1. The van der Waals surface area contributed by atoms with E-state index in [9.17, 15) is 9.59 Å². The Morgan fingerprint density at radius 1 is 1.29 bits per heavy atom. The maximum atomic E-state index is 12.4. The summed E-state index contributed by atoms with van der Waals surface area (Å²) >= 11 is 0. The second-order valence-electron chi connectivity index (χ2n) is 4.89. The summed E-state index contributed by atoms with van der Waals surface area (Å²) in [5, 5.41) is 6.84. The predicted molar refractivity (Wildman–Crippen MR) is 64.2 cm³/mol. The van der Waals surface area contributed by atoms with Gasteiger partial charge in [-0.1, -0.05) is 0 Å². The number of ketones is 1. The second-order valence-corrected chi connectivity index (χ2v) is 4.89. The molecule has 0 saturated carbocycles. The molecule has 0 aliphatic carbocycles. The van der Waals surface area contributed by atoms with Gasteiger partial charge in [0.1, 0.15) is 6.04 Å². The molecule has 0 radical (unpaired) electrons. The van der Waals surface area contributed by atoms with E-state index in [0.29, 0.717) is 0 Å². The number of carbonyl (C=O) groups is 2. The van der Waals surface area contributed by atoms with Crippen LogP contribution in [0.5, 0.6) is 0 Å². The molecule has 2 aliphatic heterocycles. The van der Waals surface area contributed by atoms with Crippen LogP contribution in [0.1, 0.15) is 32.6 Å². The number of carbonyl (C=O) groups excluding carboxylic acids is 2. The molecule has 2 saturated heterocycles. The number of hydrazine groups is 1. The molecule has 0 aromatic rings. The molecule has 17 heavy (non-hydrogen) atoms. The molecule has 2 rings (SSSR count). The maximum absolute atomic E-state index is 12.4. The third kappa shape index (κ3) is 2.35. The van der Waals surface area contributed by atoms with E-state index in [1.165, 1.54) is 0 Å². The van der Waals surface area contributed by atoms with Crippen molar-refractivity contribution in [2.45, 2.75) is 44.7 Å². The zero-order chi connectivity index (χ0) is 12.4. The smallest absolute Gasteiger partial charge is 0.254 e. The molecule has 2 fully saturated rings. The monoisotopic (exact) mass is 239 g/mol. The van der Waals surface area contributed by atoms with Crippen molar-refractivity contribution in [2.24, 2.45) is 0 Å². The average molecular weight is 239 g/mol. The maximum Gasteiger partial charge on any atom is 0.254 e. The summed E-state index contributed by atoms with van der Waals surface area (Å²) in [5.41, 5.74) is 0. The number of nitrogens with zero attached hydrogens (tertiary/aromatic N) is 2. The van der Waals surface area contributed by atoms with E-state index in [1.54, 1.807) is 11.9 Å². The molecule has 5 heteroatoms. The minimum Gasteiger partial charge on any atom is -0.309 e. The van der Waals surface area contributed by atoms with Gasteiger partial charge in [0.05, 0.1) is 6.04 Å². The highest BCUT2D eigenvalue weighted by atomic mass is 16.2. The Hall–Kier alpha value is -0.940. The number of hydrogen-bond acceptors (Lipinski definition) is 4. The van der Waals surface area contributed by atoms with E-state index in [4.69, 9.17) is 0 Å². The highest BCUT2D eigenvalue weighted by molar-refractivity contribution is 5.89.